The fourth-order valence-corrected chi connectivity index (χ4v) is 2.34. The Labute approximate surface area is 144 Å². The maximum atomic E-state index is 11.9. The number of hydrogen-bond donors (Lipinski definition) is 2. The van der Waals surface area contributed by atoms with Crippen molar-refractivity contribution >= 4 is 17.6 Å². The Bertz CT molecular complexity index is 834. The minimum Gasteiger partial charge on any atom is -0.846 e. The number of aliphatic hydroxyl groups is 1. The van der Waals surface area contributed by atoms with Crippen LogP contribution in [0.4, 0.5) is 11.6 Å². The lowest BCUT2D eigenvalue weighted by atomic mass is 10.0. The van der Waals surface area contributed by atoms with Crippen LogP contribution in [0.15, 0.2) is 76.4 Å². The van der Waals surface area contributed by atoms with Crippen molar-refractivity contribution in [3.63, 3.8) is 0 Å². The predicted molar refractivity (Wildman–Crippen MR) is 90.0 cm³/mol. The molecule has 0 aliphatic rings. The quantitative estimate of drug-likeness (QED) is 0.419. The summed E-state index contributed by atoms with van der Waals surface area (Å²) < 4.78 is 6.49. The van der Waals surface area contributed by atoms with E-state index in [4.69, 9.17) is 4.52 Å². The summed E-state index contributed by atoms with van der Waals surface area (Å²) >= 11 is 0. The van der Waals surface area contributed by atoms with Gasteiger partial charge in [-0.15, -0.1) is 0 Å². The zero-order valence-corrected chi connectivity index (χ0v) is 13.6. The van der Waals surface area contributed by atoms with Gasteiger partial charge in [0.25, 0.3) is 6.20 Å². The minimum atomic E-state index is -0.762. The van der Waals surface area contributed by atoms with Gasteiger partial charge in [-0.3, -0.25) is 4.52 Å². The highest BCUT2D eigenvalue weighted by Crippen LogP contribution is 2.22. The Morgan fingerprint density at radius 3 is 2.48 bits per heavy atom. The van der Waals surface area contributed by atoms with E-state index in [1.807, 2.05) is 48.5 Å². The summed E-state index contributed by atoms with van der Waals surface area (Å²) in [7, 11) is 0. The predicted octanol–water partition coefficient (Wildman–Crippen LogP) is 1.72. The van der Waals surface area contributed by atoms with E-state index in [1.54, 1.807) is 19.1 Å². The average molecular weight is 338 g/mol. The number of aliphatic imine (C=N–C) groups is 1. The third-order valence-corrected chi connectivity index (χ3v) is 3.72. The van der Waals surface area contributed by atoms with Gasteiger partial charge in [-0.25, -0.2) is 4.99 Å². The number of rotatable bonds is 5. The third-order valence-electron chi connectivity index (χ3n) is 3.72. The van der Waals surface area contributed by atoms with Crippen molar-refractivity contribution in [3.8, 4) is 0 Å². The summed E-state index contributed by atoms with van der Waals surface area (Å²) in [6.07, 6.45) is 0.712. The molecule has 2 unspecified atom stereocenters. The first kappa shape index (κ1) is 16.7. The van der Waals surface area contributed by atoms with E-state index < -0.39 is 12.1 Å². The average Bonchev–Trinajstić information content (AvgIpc) is 3.10. The number of nitrogens with one attached hydrogen (secondary N) is 1. The van der Waals surface area contributed by atoms with Gasteiger partial charge in [0, 0.05) is 12.6 Å². The molecular weight excluding hydrogens is 320 g/mol. The first-order valence-electron chi connectivity index (χ1n) is 7.82. The molecule has 128 valence electrons. The Morgan fingerprint density at radius 1 is 1.16 bits per heavy atom. The van der Waals surface area contributed by atoms with E-state index in [1.165, 1.54) is 10.9 Å². The molecule has 3 aromatic rings. The van der Waals surface area contributed by atoms with Crippen molar-refractivity contribution in [2.75, 3.05) is 5.32 Å². The fourth-order valence-electron chi connectivity index (χ4n) is 2.34. The van der Waals surface area contributed by atoms with Gasteiger partial charge in [0.15, 0.2) is 0 Å². The van der Waals surface area contributed by atoms with E-state index in [0.717, 1.165) is 5.56 Å². The number of aliphatic hydroxyl groups excluding tert-OH is 1. The smallest absolute Gasteiger partial charge is 0.322 e. The molecule has 7 nitrogen and oxygen atoms in total. The summed E-state index contributed by atoms with van der Waals surface area (Å²) in [4.78, 5) is 3.81. The van der Waals surface area contributed by atoms with Crippen LogP contribution in [0.1, 0.15) is 24.6 Å². The van der Waals surface area contributed by atoms with E-state index in [0.29, 0.717) is 5.69 Å². The van der Waals surface area contributed by atoms with Crippen LogP contribution in [0.5, 0.6) is 0 Å². The second-order valence-electron chi connectivity index (χ2n) is 5.52. The molecule has 0 saturated heterocycles. The lowest BCUT2D eigenvalue weighted by molar-refractivity contribution is -0.789. The van der Waals surface area contributed by atoms with Crippen LogP contribution in [-0.2, 0) is 0 Å². The number of nitrogens with zero attached hydrogens (tertiary/aromatic N) is 3. The number of amidine groups is 1. The highest BCUT2D eigenvalue weighted by Gasteiger charge is 2.28. The van der Waals surface area contributed by atoms with Crippen molar-refractivity contribution in [2.24, 2.45) is 4.99 Å². The van der Waals surface area contributed by atoms with Gasteiger partial charge >= 0.3 is 5.88 Å². The lowest BCUT2D eigenvalue weighted by Crippen LogP contribution is -2.42. The molecule has 3 rings (SSSR count). The second kappa shape index (κ2) is 7.59. The third kappa shape index (κ3) is 4.21. The molecule has 25 heavy (non-hydrogen) atoms. The summed E-state index contributed by atoms with van der Waals surface area (Å²) in [5.41, 5.74) is 1.40. The molecule has 1 heterocycles. The van der Waals surface area contributed by atoms with Crippen LogP contribution in [0.2, 0.25) is 0 Å². The highest BCUT2D eigenvalue weighted by molar-refractivity contribution is 5.86. The van der Waals surface area contributed by atoms with Gasteiger partial charge < -0.3 is 15.5 Å². The Balaban J connectivity index is 1.70. The monoisotopic (exact) mass is 338 g/mol. The number of benzene rings is 2. The maximum Gasteiger partial charge on any atom is 0.322 e. The molecule has 0 amide bonds. The number of anilines is 1. The van der Waals surface area contributed by atoms with Crippen LogP contribution < -0.4 is 15.1 Å². The highest BCUT2D eigenvalue weighted by atomic mass is 16.5. The molecule has 2 atom stereocenters. The van der Waals surface area contributed by atoms with Crippen LogP contribution in [0, 0.1) is 0 Å². The van der Waals surface area contributed by atoms with Crippen molar-refractivity contribution in [2.45, 2.75) is 19.1 Å². The van der Waals surface area contributed by atoms with E-state index >= 15 is 0 Å². The Hall–Kier alpha value is -3.19. The molecule has 0 fully saturated rings. The van der Waals surface area contributed by atoms with Crippen molar-refractivity contribution < 1.29 is 19.4 Å². The van der Waals surface area contributed by atoms with Gasteiger partial charge in [0.1, 0.15) is 6.10 Å². The fraction of sp³-hybridized carbons (Fsp3) is 0.167. The second-order valence-corrected chi connectivity index (χ2v) is 5.52. The maximum absolute atomic E-state index is 11.9. The van der Waals surface area contributed by atoms with Gasteiger partial charge in [-0.2, -0.15) is 0 Å². The lowest BCUT2D eigenvalue weighted by Gasteiger charge is -2.11. The van der Waals surface area contributed by atoms with Gasteiger partial charge in [-0.1, -0.05) is 48.5 Å². The molecule has 2 N–H and O–H groups in total. The van der Waals surface area contributed by atoms with Crippen LogP contribution in [0.25, 0.3) is 0 Å². The Kier molecular flexibility index (Phi) is 5.06. The summed E-state index contributed by atoms with van der Waals surface area (Å²) in [6, 6.07) is 17.3. The topological polar surface area (TPSA) is 97.6 Å². The summed E-state index contributed by atoms with van der Waals surface area (Å²) in [5, 5.41) is 28.8. The number of para-hydroxylation sites is 1. The zero-order valence-electron chi connectivity index (χ0n) is 13.6. The van der Waals surface area contributed by atoms with Crippen LogP contribution in [0.3, 0.4) is 0 Å². The standard InChI is InChI=1S/C18H18N4O3/c1-13(17(23)14-8-4-2-5-9-14)22-12-16(25-21-22)20-18(24)19-15-10-6-3-7-11-15/h2-13,17,23H,1H3,(H-,19,20,21,24). The molecule has 0 saturated carbocycles. The SMILES string of the molecule is CC(C(O)c1ccccc1)[n+]1cc(/N=C(/[O-])Nc2ccccc2)on1. The van der Waals surface area contributed by atoms with Crippen molar-refractivity contribution in [1.82, 2.24) is 5.27 Å². The Morgan fingerprint density at radius 2 is 1.80 bits per heavy atom. The molecule has 7 heteroatoms. The molecule has 0 radical (unpaired) electrons. The summed E-state index contributed by atoms with van der Waals surface area (Å²) in [6.45, 7) is 1.80. The molecule has 0 spiro atoms. The van der Waals surface area contributed by atoms with Crippen molar-refractivity contribution in [1.29, 1.82) is 0 Å². The minimum absolute atomic E-state index is 0.0561. The number of aromatic nitrogens is 2. The largest absolute Gasteiger partial charge is 0.846 e. The van der Waals surface area contributed by atoms with Crippen molar-refractivity contribution in [3.05, 3.63) is 72.4 Å². The van der Waals surface area contributed by atoms with Crippen LogP contribution in [-0.4, -0.2) is 16.4 Å². The van der Waals surface area contributed by atoms with E-state index in [2.05, 4.69) is 15.6 Å². The van der Waals surface area contributed by atoms with E-state index in [-0.39, 0.29) is 11.9 Å². The molecule has 0 bridgehead atoms. The molecular formula is C18H18N4O3. The zero-order chi connectivity index (χ0) is 17.6. The first-order valence-corrected chi connectivity index (χ1v) is 7.82. The molecule has 1 aromatic heterocycles. The summed E-state index contributed by atoms with van der Waals surface area (Å²) in [5.74, 6) is 0.0561. The van der Waals surface area contributed by atoms with Gasteiger partial charge in [-0.05, 0) is 22.4 Å². The molecule has 2 aromatic carbocycles. The van der Waals surface area contributed by atoms with Gasteiger partial charge in [0.05, 0.1) is 6.02 Å². The van der Waals surface area contributed by atoms with Gasteiger partial charge in [0.2, 0.25) is 11.3 Å². The first-order chi connectivity index (χ1) is 12.1. The number of hydrogen-bond acceptors (Lipinski definition) is 5. The normalized spacial score (nSPS) is 14.1. The van der Waals surface area contributed by atoms with Crippen LogP contribution >= 0.6 is 0 Å². The van der Waals surface area contributed by atoms with E-state index in [9.17, 15) is 10.2 Å². The molecule has 0 aliphatic heterocycles. The molecule has 0 aliphatic carbocycles.